The summed E-state index contributed by atoms with van der Waals surface area (Å²) in [6, 6.07) is 0. The number of nitrogens with one attached hydrogen (secondary N) is 1. The van der Waals surface area contributed by atoms with E-state index in [1.54, 1.807) is 0 Å². The first kappa shape index (κ1) is 22.6. The number of amides is 1. The molecule has 4 nitrogen and oxygen atoms in total. The number of hydrogen-bond donors (Lipinski definition) is 3. The summed E-state index contributed by atoms with van der Waals surface area (Å²) in [5.74, 6) is 4.76. The van der Waals surface area contributed by atoms with Crippen LogP contribution in [-0.4, -0.2) is 35.4 Å². The molecule has 4 aliphatic rings. The molecule has 4 heteroatoms. The zero-order valence-electron chi connectivity index (χ0n) is 19.5. The predicted octanol–water partition coefficient (Wildman–Crippen LogP) is 4.53. The van der Waals surface area contributed by atoms with Crippen molar-refractivity contribution in [2.45, 2.75) is 97.5 Å². The van der Waals surface area contributed by atoms with E-state index in [1.165, 1.54) is 44.9 Å². The molecule has 1 amide bonds. The predicted molar refractivity (Wildman–Crippen MR) is 120 cm³/mol. The lowest BCUT2D eigenvalue weighted by molar-refractivity contribution is -0.129. The largest absolute Gasteiger partial charge is 0.395 e. The average molecular weight is 420 g/mol. The van der Waals surface area contributed by atoms with Crippen molar-refractivity contribution in [3.63, 3.8) is 0 Å². The van der Waals surface area contributed by atoms with E-state index in [-0.39, 0.29) is 18.6 Å². The van der Waals surface area contributed by atoms with E-state index in [9.17, 15) is 9.90 Å². The fourth-order valence-corrected chi connectivity index (χ4v) is 9.05. The summed E-state index contributed by atoms with van der Waals surface area (Å²) < 4.78 is 0. The summed E-state index contributed by atoms with van der Waals surface area (Å²) in [6.45, 7) is 7.93. The molecule has 4 fully saturated rings. The summed E-state index contributed by atoms with van der Waals surface area (Å²) >= 11 is 0. The summed E-state index contributed by atoms with van der Waals surface area (Å²) in [5.41, 5.74) is 0.900. The fraction of sp³-hybridized carbons (Fsp3) is 0.962. The van der Waals surface area contributed by atoms with Crippen molar-refractivity contribution in [1.29, 1.82) is 0 Å². The van der Waals surface area contributed by atoms with Crippen LogP contribution < -0.4 is 5.32 Å². The smallest absolute Gasteiger partial charge is 0.220 e. The van der Waals surface area contributed by atoms with Crippen molar-refractivity contribution < 1.29 is 15.0 Å². The maximum atomic E-state index is 12.0. The molecule has 172 valence electrons. The number of rotatable bonds is 6. The molecular weight excluding hydrogens is 374 g/mol. The molecule has 0 aliphatic heterocycles. The van der Waals surface area contributed by atoms with Gasteiger partial charge in [0, 0.05) is 13.0 Å². The van der Waals surface area contributed by atoms with Gasteiger partial charge in [-0.05, 0) is 111 Å². The molecule has 30 heavy (non-hydrogen) atoms. The second kappa shape index (κ2) is 8.73. The van der Waals surface area contributed by atoms with Gasteiger partial charge < -0.3 is 15.5 Å². The quantitative estimate of drug-likeness (QED) is 0.592. The summed E-state index contributed by atoms with van der Waals surface area (Å²) in [7, 11) is 0. The highest BCUT2D eigenvalue weighted by atomic mass is 16.3. The van der Waals surface area contributed by atoms with Crippen molar-refractivity contribution in [3.05, 3.63) is 0 Å². The first-order valence-corrected chi connectivity index (χ1v) is 12.8. The highest BCUT2D eigenvalue weighted by Crippen LogP contribution is 2.68. The Kier molecular flexibility index (Phi) is 6.57. The van der Waals surface area contributed by atoms with Gasteiger partial charge in [0.15, 0.2) is 0 Å². The van der Waals surface area contributed by atoms with Crippen molar-refractivity contribution in [3.8, 4) is 0 Å². The van der Waals surface area contributed by atoms with E-state index in [0.29, 0.717) is 29.7 Å². The van der Waals surface area contributed by atoms with Crippen molar-refractivity contribution in [2.75, 3.05) is 13.2 Å². The zero-order valence-corrected chi connectivity index (χ0v) is 19.5. The van der Waals surface area contributed by atoms with Crippen LogP contribution in [0, 0.1) is 46.3 Å². The van der Waals surface area contributed by atoms with Crippen LogP contribution in [0.15, 0.2) is 0 Å². The monoisotopic (exact) mass is 419 g/mol. The molecule has 0 bridgehead atoms. The number of carbonyl (C=O) groups excluding carboxylic acids is 1. The molecule has 0 aromatic carbocycles. The van der Waals surface area contributed by atoms with Crippen LogP contribution in [0.1, 0.15) is 91.4 Å². The van der Waals surface area contributed by atoms with Gasteiger partial charge in [-0.3, -0.25) is 4.79 Å². The third kappa shape index (κ3) is 3.85. The maximum Gasteiger partial charge on any atom is 0.220 e. The van der Waals surface area contributed by atoms with Crippen molar-refractivity contribution in [1.82, 2.24) is 5.32 Å². The topological polar surface area (TPSA) is 69.6 Å². The Morgan fingerprint density at radius 2 is 1.77 bits per heavy atom. The summed E-state index contributed by atoms with van der Waals surface area (Å²) in [6.07, 6.45) is 12.9. The first-order valence-electron chi connectivity index (χ1n) is 12.8. The van der Waals surface area contributed by atoms with E-state index in [2.05, 4.69) is 26.1 Å². The lowest BCUT2D eigenvalue weighted by Crippen LogP contribution is -2.54. The standard InChI is InChI=1S/C26H45NO3/c1-17(4-9-24(30)27-14-15-28)21-7-8-22-20-6-5-18-16-19(29)10-12-25(18,2)23(20)11-13-26(21,22)3/h17-23,28-29H,4-16H2,1-3H3,(H,27,30)/t17-,18+,19+,20-,21+,22-,23-,25+,26+/m1/s1. The lowest BCUT2D eigenvalue weighted by atomic mass is 9.44. The number of carbonyl (C=O) groups is 1. The molecular formula is C26H45NO3. The number of fused-ring (bicyclic) bond motifs is 5. The molecule has 4 rings (SSSR count). The highest BCUT2D eigenvalue weighted by molar-refractivity contribution is 5.75. The van der Waals surface area contributed by atoms with Gasteiger partial charge in [0.25, 0.3) is 0 Å². The molecule has 0 heterocycles. The minimum Gasteiger partial charge on any atom is -0.395 e. The van der Waals surface area contributed by atoms with Gasteiger partial charge in [-0.15, -0.1) is 0 Å². The molecule has 9 atom stereocenters. The maximum absolute atomic E-state index is 12.0. The Morgan fingerprint density at radius 1 is 1.03 bits per heavy atom. The summed E-state index contributed by atoms with van der Waals surface area (Å²) in [5, 5.41) is 21.9. The van der Waals surface area contributed by atoms with E-state index >= 15 is 0 Å². The Morgan fingerprint density at radius 3 is 2.53 bits per heavy atom. The molecule has 0 saturated heterocycles. The number of aliphatic hydroxyl groups is 2. The van der Waals surface area contributed by atoms with Gasteiger partial charge in [0.2, 0.25) is 5.91 Å². The minimum atomic E-state index is -0.0558. The van der Waals surface area contributed by atoms with Crippen LogP contribution in [-0.2, 0) is 4.79 Å². The van der Waals surface area contributed by atoms with Crippen LogP contribution >= 0.6 is 0 Å². The molecule has 0 unspecified atom stereocenters. The second-order valence-corrected chi connectivity index (χ2v) is 11.9. The summed E-state index contributed by atoms with van der Waals surface area (Å²) in [4.78, 5) is 12.0. The van der Waals surface area contributed by atoms with Gasteiger partial charge in [-0.1, -0.05) is 20.8 Å². The second-order valence-electron chi connectivity index (χ2n) is 11.9. The SMILES string of the molecule is C[C@H](CCC(=O)NCCO)[C@@H]1CC[C@@H]2[C@H]3CC[C@H]4C[C@@H](O)CC[C@]4(C)[C@@H]3CC[C@]21C. The fourth-order valence-electron chi connectivity index (χ4n) is 9.05. The van der Waals surface area contributed by atoms with Gasteiger partial charge in [-0.2, -0.15) is 0 Å². The molecule has 0 spiro atoms. The van der Waals surface area contributed by atoms with E-state index < -0.39 is 0 Å². The van der Waals surface area contributed by atoms with Crippen LogP contribution in [0.3, 0.4) is 0 Å². The Balaban J connectivity index is 1.42. The van der Waals surface area contributed by atoms with E-state index in [1.807, 2.05) is 0 Å². The highest BCUT2D eigenvalue weighted by Gasteiger charge is 2.60. The van der Waals surface area contributed by atoms with Crippen molar-refractivity contribution in [2.24, 2.45) is 46.3 Å². The molecule has 4 saturated carbocycles. The number of hydrogen-bond acceptors (Lipinski definition) is 3. The van der Waals surface area contributed by atoms with Gasteiger partial charge in [-0.25, -0.2) is 0 Å². The normalized spacial score (nSPS) is 46.4. The Labute approximate surface area is 183 Å². The first-order chi connectivity index (χ1) is 14.3. The van der Waals surface area contributed by atoms with Crippen LogP contribution in [0.2, 0.25) is 0 Å². The minimum absolute atomic E-state index is 0.0188. The number of aliphatic hydroxyl groups excluding tert-OH is 2. The average Bonchev–Trinajstić information content (AvgIpc) is 3.08. The third-order valence-electron chi connectivity index (χ3n) is 10.7. The molecule has 0 aromatic rings. The van der Waals surface area contributed by atoms with E-state index in [4.69, 9.17) is 5.11 Å². The Hall–Kier alpha value is -0.610. The molecule has 3 N–H and O–H groups in total. The van der Waals surface area contributed by atoms with Crippen LogP contribution in [0.5, 0.6) is 0 Å². The Bertz CT molecular complexity index is 623. The third-order valence-corrected chi connectivity index (χ3v) is 10.7. The molecule has 4 aliphatic carbocycles. The zero-order chi connectivity index (χ0) is 21.5. The van der Waals surface area contributed by atoms with Crippen LogP contribution in [0.4, 0.5) is 0 Å². The molecule has 0 aromatic heterocycles. The van der Waals surface area contributed by atoms with Gasteiger partial charge in [0.05, 0.1) is 12.7 Å². The molecule has 0 radical (unpaired) electrons. The van der Waals surface area contributed by atoms with Crippen molar-refractivity contribution >= 4 is 5.91 Å². The van der Waals surface area contributed by atoms with Gasteiger partial charge >= 0.3 is 0 Å². The lowest BCUT2D eigenvalue weighted by Gasteiger charge is -2.61. The van der Waals surface area contributed by atoms with E-state index in [0.717, 1.165) is 48.9 Å². The van der Waals surface area contributed by atoms with Crippen LogP contribution in [0.25, 0.3) is 0 Å². The van der Waals surface area contributed by atoms with Gasteiger partial charge in [0.1, 0.15) is 0 Å².